The van der Waals surface area contributed by atoms with E-state index in [4.69, 9.17) is 4.74 Å². The Bertz CT molecular complexity index is 472. The molecule has 0 spiro atoms. The van der Waals surface area contributed by atoms with E-state index in [0.29, 0.717) is 35.6 Å². The number of pyridine rings is 1. The van der Waals surface area contributed by atoms with Crippen LogP contribution in [-0.4, -0.2) is 17.7 Å². The quantitative estimate of drug-likeness (QED) is 0.701. The molecule has 1 rings (SSSR count). The molecule has 4 nitrogen and oxygen atoms in total. The Hall–Kier alpha value is -1.58. The maximum Gasteiger partial charge on any atom is 0.412 e. The number of ether oxygens (including phenoxy) is 1. The van der Waals surface area contributed by atoms with Gasteiger partial charge in [0, 0.05) is 6.20 Å². The predicted molar refractivity (Wildman–Crippen MR) is 95.4 cm³/mol. The van der Waals surface area contributed by atoms with E-state index in [1.54, 1.807) is 18.3 Å². The van der Waals surface area contributed by atoms with Crippen molar-refractivity contribution >= 4 is 11.9 Å². The number of nitrogens with one attached hydrogen (secondary N) is 1. The van der Waals surface area contributed by atoms with Gasteiger partial charge in [0.2, 0.25) is 0 Å². The van der Waals surface area contributed by atoms with Gasteiger partial charge < -0.3 is 4.74 Å². The van der Waals surface area contributed by atoms with Crippen molar-refractivity contribution in [3.8, 4) is 0 Å². The second-order valence-electron chi connectivity index (χ2n) is 7.57. The second-order valence-corrected chi connectivity index (χ2v) is 7.57. The Morgan fingerprint density at radius 3 is 2.48 bits per heavy atom. The Morgan fingerprint density at radius 1 is 1.22 bits per heavy atom. The van der Waals surface area contributed by atoms with E-state index in [0.717, 1.165) is 6.42 Å². The average molecular weight is 320 g/mol. The van der Waals surface area contributed by atoms with Crippen molar-refractivity contribution in [1.82, 2.24) is 4.98 Å². The van der Waals surface area contributed by atoms with E-state index in [1.165, 1.54) is 6.42 Å². The molecular formula is C19H32N2O2. The van der Waals surface area contributed by atoms with E-state index in [9.17, 15) is 4.79 Å². The summed E-state index contributed by atoms with van der Waals surface area (Å²) in [5.41, 5.74) is 0.352. The third-order valence-corrected chi connectivity index (χ3v) is 5.15. The number of rotatable bonds is 8. The number of amides is 1. The van der Waals surface area contributed by atoms with Gasteiger partial charge in [-0.05, 0) is 48.1 Å². The van der Waals surface area contributed by atoms with Crippen molar-refractivity contribution in [2.45, 2.75) is 54.4 Å². The minimum atomic E-state index is -0.440. The maximum absolute atomic E-state index is 11.8. The van der Waals surface area contributed by atoms with Gasteiger partial charge in [-0.25, -0.2) is 9.78 Å². The van der Waals surface area contributed by atoms with Gasteiger partial charge in [-0.15, -0.1) is 0 Å². The van der Waals surface area contributed by atoms with Crippen LogP contribution in [0.5, 0.6) is 0 Å². The number of carbonyl (C=O) groups excluding carboxylic acids is 1. The van der Waals surface area contributed by atoms with Gasteiger partial charge >= 0.3 is 6.09 Å². The maximum atomic E-state index is 11.8. The number of hydrogen-bond donors (Lipinski definition) is 1. The highest BCUT2D eigenvalue weighted by Crippen LogP contribution is 2.34. The highest BCUT2D eigenvalue weighted by atomic mass is 16.5. The second kappa shape index (κ2) is 8.90. The average Bonchev–Trinajstić information content (AvgIpc) is 2.51. The standard InChI is InChI=1S/C19H32N2O2/c1-14(2)19(5,6)11-10-15(3)16(4)13-23-18(22)21-17-9-7-8-12-20-17/h7-9,12,14-16H,10-11,13H2,1-6H3,(H,20,21,22)/t15?,16-/m0/s1. The van der Waals surface area contributed by atoms with E-state index in [-0.39, 0.29) is 0 Å². The SMILES string of the molecule is CC(CCC(C)(C)C(C)C)[C@@H](C)COC(=O)Nc1ccccn1. The molecule has 1 unspecified atom stereocenters. The van der Waals surface area contributed by atoms with E-state index in [1.807, 2.05) is 6.07 Å². The lowest BCUT2D eigenvalue weighted by Crippen LogP contribution is -2.24. The lowest BCUT2D eigenvalue weighted by Gasteiger charge is -2.31. The molecule has 1 heterocycles. The van der Waals surface area contributed by atoms with Crippen LogP contribution in [0.2, 0.25) is 0 Å². The summed E-state index contributed by atoms with van der Waals surface area (Å²) in [5, 5.41) is 2.64. The summed E-state index contributed by atoms with van der Waals surface area (Å²) in [6, 6.07) is 5.37. The summed E-state index contributed by atoms with van der Waals surface area (Å²) in [4.78, 5) is 15.8. The van der Waals surface area contributed by atoms with E-state index in [2.05, 4.69) is 51.8 Å². The van der Waals surface area contributed by atoms with Crippen molar-refractivity contribution in [2.24, 2.45) is 23.2 Å². The van der Waals surface area contributed by atoms with E-state index < -0.39 is 6.09 Å². The fourth-order valence-electron chi connectivity index (χ4n) is 2.12. The summed E-state index contributed by atoms with van der Waals surface area (Å²) in [6.07, 6.45) is 3.54. The fourth-order valence-corrected chi connectivity index (χ4v) is 2.12. The van der Waals surface area contributed by atoms with Gasteiger partial charge in [-0.1, -0.05) is 47.6 Å². The summed E-state index contributed by atoms with van der Waals surface area (Å²) in [7, 11) is 0. The largest absolute Gasteiger partial charge is 0.449 e. The molecule has 0 radical (unpaired) electrons. The van der Waals surface area contributed by atoms with Crippen LogP contribution in [-0.2, 0) is 4.74 Å². The molecule has 0 saturated carbocycles. The molecule has 2 atom stereocenters. The fraction of sp³-hybridized carbons (Fsp3) is 0.684. The molecule has 0 aliphatic heterocycles. The molecule has 0 aliphatic carbocycles. The van der Waals surface area contributed by atoms with Gasteiger partial charge in [0.1, 0.15) is 5.82 Å². The molecular weight excluding hydrogens is 288 g/mol. The third-order valence-electron chi connectivity index (χ3n) is 5.15. The molecule has 1 amide bonds. The zero-order chi connectivity index (χ0) is 17.5. The van der Waals surface area contributed by atoms with Gasteiger partial charge in [0.25, 0.3) is 0 Å². The first kappa shape index (κ1) is 19.5. The summed E-state index contributed by atoms with van der Waals surface area (Å²) >= 11 is 0. The Kier molecular flexibility index (Phi) is 7.53. The van der Waals surface area contributed by atoms with Gasteiger partial charge in [-0.2, -0.15) is 0 Å². The molecule has 1 aromatic heterocycles. The Morgan fingerprint density at radius 2 is 1.91 bits per heavy atom. The molecule has 4 heteroatoms. The van der Waals surface area contributed by atoms with Crippen molar-refractivity contribution in [2.75, 3.05) is 11.9 Å². The van der Waals surface area contributed by atoms with Crippen LogP contribution in [0.3, 0.4) is 0 Å². The Labute approximate surface area is 141 Å². The first-order valence-electron chi connectivity index (χ1n) is 8.57. The van der Waals surface area contributed by atoms with Gasteiger partial charge in [-0.3, -0.25) is 5.32 Å². The molecule has 0 bridgehead atoms. The minimum Gasteiger partial charge on any atom is -0.449 e. The third kappa shape index (κ3) is 7.02. The van der Waals surface area contributed by atoms with Crippen molar-refractivity contribution in [1.29, 1.82) is 0 Å². The molecule has 130 valence electrons. The molecule has 1 N–H and O–H groups in total. The molecule has 23 heavy (non-hydrogen) atoms. The van der Waals surface area contributed by atoms with Crippen LogP contribution in [0.15, 0.2) is 24.4 Å². The smallest absolute Gasteiger partial charge is 0.412 e. The zero-order valence-corrected chi connectivity index (χ0v) is 15.4. The molecule has 1 aromatic rings. The topological polar surface area (TPSA) is 51.2 Å². The monoisotopic (exact) mass is 320 g/mol. The number of aromatic nitrogens is 1. The van der Waals surface area contributed by atoms with Crippen LogP contribution in [0, 0.1) is 23.2 Å². The molecule has 0 aromatic carbocycles. The number of nitrogens with zero attached hydrogens (tertiary/aromatic N) is 1. The van der Waals surface area contributed by atoms with Crippen LogP contribution in [0.4, 0.5) is 10.6 Å². The first-order valence-corrected chi connectivity index (χ1v) is 8.57. The van der Waals surface area contributed by atoms with Crippen molar-refractivity contribution in [3.63, 3.8) is 0 Å². The van der Waals surface area contributed by atoms with Crippen LogP contribution >= 0.6 is 0 Å². The van der Waals surface area contributed by atoms with Gasteiger partial charge in [0.15, 0.2) is 0 Å². The summed E-state index contributed by atoms with van der Waals surface area (Å²) < 4.78 is 5.32. The molecule has 0 fully saturated rings. The van der Waals surface area contributed by atoms with Crippen molar-refractivity contribution < 1.29 is 9.53 Å². The zero-order valence-electron chi connectivity index (χ0n) is 15.4. The van der Waals surface area contributed by atoms with Crippen LogP contribution in [0.1, 0.15) is 54.4 Å². The van der Waals surface area contributed by atoms with Crippen LogP contribution < -0.4 is 5.32 Å². The number of anilines is 1. The van der Waals surface area contributed by atoms with Crippen molar-refractivity contribution in [3.05, 3.63) is 24.4 Å². The van der Waals surface area contributed by atoms with E-state index >= 15 is 0 Å². The lowest BCUT2D eigenvalue weighted by atomic mass is 9.75. The number of hydrogen-bond acceptors (Lipinski definition) is 3. The normalized spacial score (nSPS) is 14.4. The molecule has 0 aliphatic rings. The number of carbonyl (C=O) groups is 1. The van der Waals surface area contributed by atoms with Gasteiger partial charge in [0.05, 0.1) is 6.61 Å². The summed E-state index contributed by atoms with van der Waals surface area (Å²) in [5.74, 6) is 2.05. The lowest BCUT2D eigenvalue weighted by molar-refractivity contribution is 0.121. The highest BCUT2D eigenvalue weighted by Gasteiger charge is 2.24. The highest BCUT2D eigenvalue weighted by molar-refractivity contribution is 5.83. The molecule has 0 saturated heterocycles. The Balaban J connectivity index is 2.32. The summed E-state index contributed by atoms with van der Waals surface area (Å²) in [6.45, 7) is 14.0. The van der Waals surface area contributed by atoms with Crippen LogP contribution in [0.25, 0.3) is 0 Å². The predicted octanol–water partition coefficient (Wildman–Crippen LogP) is 5.36. The minimum absolute atomic E-state index is 0.340. The first-order chi connectivity index (χ1) is 10.7.